The molecule has 1 fully saturated rings. The molecule has 0 saturated carbocycles. The maximum Gasteiger partial charge on any atom is 0.152 e. The molecule has 1 heterocycles. The molecular weight excluding hydrogens is 154 g/mol. The van der Waals surface area contributed by atoms with E-state index < -0.39 is 5.60 Å². The van der Waals surface area contributed by atoms with Crippen molar-refractivity contribution in [3.05, 3.63) is 0 Å². The standard InChI is InChI=1S/C9H17NO2/c1-9(12,7-11)8-5-3-2-4-6-10-8/h7-8,10,12H,2-6H2,1H3. The molecule has 0 aromatic carbocycles. The van der Waals surface area contributed by atoms with Crippen LogP contribution in [0.5, 0.6) is 0 Å². The highest BCUT2D eigenvalue weighted by Gasteiger charge is 2.31. The van der Waals surface area contributed by atoms with Gasteiger partial charge in [-0.2, -0.15) is 0 Å². The molecule has 2 unspecified atom stereocenters. The van der Waals surface area contributed by atoms with Crippen LogP contribution >= 0.6 is 0 Å². The molecule has 2 N–H and O–H groups in total. The molecule has 1 saturated heterocycles. The summed E-state index contributed by atoms with van der Waals surface area (Å²) in [7, 11) is 0. The van der Waals surface area contributed by atoms with Gasteiger partial charge in [-0.05, 0) is 26.3 Å². The molecule has 12 heavy (non-hydrogen) atoms. The van der Waals surface area contributed by atoms with Gasteiger partial charge in [0.15, 0.2) is 6.29 Å². The number of hydrogen-bond acceptors (Lipinski definition) is 3. The highest BCUT2D eigenvalue weighted by atomic mass is 16.3. The van der Waals surface area contributed by atoms with Gasteiger partial charge in [0.25, 0.3) is 0 Å². The van der Waals surface area contributed by atoms with Gasteiger partial charge in [0.05, 0.1) is 0 Å². The van der Waals surface area contributed by atoms with E-state index in [2.05, 4.69) is 5.32 Å². The van der Waals surface area contributed by atoms with Crippen molar-refractivity contribution in [1.82, 2.24) is 5.32 Å². The normalized spacial score (nSPS) is 30.3. The lowest BCUT2D eigenvalue weighted by Gasteiger charge is -2.27. The summed E-state index contributed by atoms with van der Waals surface area (Å²) in [6.45, 7) is 2.48. The van der Waals surface area contributed by atoms with E-state index in [-0.39, 0.29) is 6.04 Å². The van der Waals surface area contributed by atoms with Crippen molar-refractivity contribution in [2.75, 3.05) is 6.54 Å². The Kier molecular flexibility index (Phi) is 3.23. The van der Waals surface area contributed by atoms with Crippen molar-refractivity contribution in [3.63, 3.8) is 0 Å². The number of rotatable bonds is 2. The van der Waals surface area contributed by atoms with E-state index >= 15 is 0 Å². The predicted molar refractivity (Wildman–Crippen MR) is 46.9 cm³/mol. The van der Waals surface area contributed by atoms with Crippen molar-refractivity contribution in [2.24, 2.45) is 0 Å². The van der Waals surface area contributed by atoms with Crippen LogP contribution in [-0.4, -0.2) is 29.6 Å². The van der Waals surface area contributed by atoms with Gasteiger partial charge in [-0.1, -0.05) is 12.8 Å². The van der Waals surface area contributed by atoms with Gasteiger partial charge in [-0.15, -0.1) is 0 Å². The molecule has 1 aliphatic rings. The number of carbonyl (C=O) groups is 1. The Labute approximate surface area is 73.2 Å². The number of aliphatic hydroxyl groups is 1. The van der Waals surface area contributed by atoms with E-state index in [0.717, 1.165) is 25.8 Å². The molecule has 2 atom stereocenters. The summed E-state index contributed by atoms with van der Waals surface area (Å²) >= 11 is 0. The summed E-state index contributed by atoms with van der Waals surface area (Å²) in [5, 5.41) is 12.8. The van der Waals surface area contributed by atoms with Crippen molar-refractivity contribution in [2.45, 2.75) is 44.2 Å². The van der Waals surface area contributed by atoms with Crippen LogP contribution in [0, 0.1) is 0 Å². The highest BCUT2D eigenvalue weighted by molar-refractivity contribution is 5.62. The Balaban J connectivity index is 2.53. The minimum Gasteiger partial charge on any atom is -0.381 e. The lowest BCUT2D eigenvalue weighted by molar-refractivity contribution is -0.125. The second kappa shape index (κ2) is 4.01. The Morgan fingerprint density at radius 1 is 1.50 bits per heavy atom. The van der Waals surface area contributed by atoms with Crippen LogP contribution in [0.2, 0.25) is 0 Å². The molecule has 1 aliphatic heterocycles. The van der Waals surface area contributed by atoms with Gasteiger partial charge in [-0.3, -0.25) is 0 Å². The molecule has 0 spiro atoms. The maximum absolute atomic E-state index is 10.5. The molecule has 3 nitrogen and oxygen atoms in total. The lowest BCUT2D eigenvalue weighted by atomic mass is 9.94. The zero-order valence-corrected chi connectivity index (χ0v) is 7.55. The highest BCUT2D eigenvalue weighted by Crippen LogP contribution is 2.16. The number of carbonyl (C=O) groups excluding carboxylic acids is 1. The minimum absolute atomic E-state index is 0.0579. The molecule has 0 radical (unpaired) electrons. The predicted octanol–water partition coefficient (Wildman–Crippen LogP) is 0.468. The molecule has 0 aromatic heterocycles. The summed E-state index contributed by atoms with van der Waals surface area (Å²) in [6, 6.07) is -0.0579. The van der Waals surface area contributed by atoms with Crippen LogP contribution in [-0.2, 0) is 4.79 Å². The second-order valence-corrected chi connectivity index (χ2v) is 3.70. The van der Waals surface area contributed by atoms with Gasteiger partial charge >= 0.3 is 0 Å². The number of hydrogen-bond donors (Lipinski definition) is 2. The first-order chi connectivity index (χ1) is 5.67. The Bertz CT molecular complexity index is 149. The van der Waals surface area contributed by atoms with E-state index in [4.69, 9.17) is 0 Å². The third-order valence-electron chi connectivity index (χ3n) is 2.50. The van der Waals surface area contributed by atoms with Crippen LogP contribution < -0.4 is 5.32 Å². The Hall–Kier alpha value is -0.410. The van der Waals surface area contributed by atoms with Crippen LogP contribution in [0.1, 0.15) is 32.6 Å². The van der Waals surface area contributed by atoms with Crippen LogP contribution in [0.25, 0.3) is 0 Å². The third kappa shape index (κ3) is 2.29. The van der Waals surface area contributed by atoms with Crippen LogP contribution in [0.15, 0.2) is 0 Å². The molecule has 70 valence electrons. The molecule has 0 bridgehead atoms. The van der Waals surface area contributed by atoms with Crippen molar-refractivity contribution in [1.29, 1.82) is 0 Å². The van der Waals surface area contributed by atoms with Crippen molar-refractivity contribution >= 4 is 6.29 Å². The summed E-state index contributed by atoms with van der Waals surface area (Å²) < 4.78 is 0. The van der Waals surface area contributed by atoms with Crippen LogP contribution in [0.4, 0.5) is 0 Å². The van der Waals surface area contributed by atoms with Gasteiger partial charge in [0, 0.05) is 6.04 Å². The zero-order chi connectivity index (χ0) is 9.03. The van der Waals surface area contributed by atoms with Crippen LogP contribution in [0.3, 0.4) is 0 Å². The average molecular weight is 171 g/mol. The summed E-state index contributed by atoms with van der Waals surface area (Å²) in [5.74, 6) is 0. The van der Waals surface area contributed by atoms with E-state index in [9.17, 15) is 9.90 Å². The van der Waals surface area contributed by atoms with Gasteiger partial charge in [0.1, 0.15) is 5.60 Å². The topological polar surface area (TPSA) is 49.3 Å². The van der Waals surface area contributed by atoms with E-state index in [1.165, 1.54) is 6.42 Å². The lowest BCUT2D eigenvalue weighted by Crippen LogP contribution is -2.49. The van der Waals surface area contributed by atoms with E-state index in [0.29, 0.717) is 6.29 Å². The summed E-state index contributed by atoms with van der Waals surface area (Å²) in [5.41, 5.74) is -1.19. The fourth-order valence-corrected chi connectivity index (χ4v) is 1.61. The maximum atomic E-state index is 10.5. The largest absolute Gasteiger partial charge is 0.381 e. The van der Waals surface area contributed by atoms with Gasteiger partial charge in [-0.25, -0.2) is 0 Å². The van der Waals surface area contributed by atoms with Crippen molar-refractivity contribution in [3.8, 4) is 0 Å². The van der Waals surface area contributed by atoms with Crippen molar-refractivity contribution < 1.29 is 9.90 Å². The fourth-order valence-electron chi connectivity index (χ4n) is 1.61. The monoisotopic (exact) mass is 171 g/mol. The van der Waals surface area contributed by atoms with Gasteiger partial charge in [0.2, 0.25) is 0 Å². The summed E-state index contributed by atoms with van der Waals surface area (Å²) in [4.78, 5) is 10.5. The first-order valence-corrected chi connectivity index (χ1v) is 4.59. The SMILES string of the molecule is CC(O)(C=O)C1CCCCCN1. The second-order valence-electron chi connectivity index (χ2n) is 3.70. The zero-order valence-electron chi connectivity index (χ0n) is 7.55. The first kappa shape index (κ1) is 9.68. The smallest absolute Gasteiger partial charge is 0.152 e. The van der Waals surface area contributed by atoms with Gasteiger partial charge < -0.3 is 15.2 Å². The minimum atomic E-state index is -1.19. The van der Waals surface area contributed by atoms with E-state index in [1.807, 2.05) is 0 Å². The fraction of sp³-hybridized carbons (Fsp3) is 0.889. The molecular formula is C9H17NO2. The third-order valence-corrected chi connectivity index (χ3v) is 2.50. The Morgan fingerprint density at radius 3 is 2.92 bits per heavy atom. The molecule has 0 aliphatic carbocycles. The molecule has 0 amide bonds. The summed E-state index contributed by atoms with van der Waals surface area (Å²) in [6.07, 6.45) is 4.97. The quantitative estimate of drug-likeness (QED) is 0.594. The molecule has 0 aromatic rings. The average Bonchev–Trinajstić information content (AvgIpc) is 2.32. The number of aldehydes is 1. The van der Waals surface area contributed by atoms with E-state index in [1.54, 1.807) is 6.92 Å². The first-order valence-electron chi connectivity index (χ1n) is 4.59. The number of nitrogens with one attached hydrogen (secondary N) is 1. The Morgan fingerprint density at radius 2 is 2.25 bits per heavy atom. The molecule has 1 rings (SSSR count). The molecule has 3 heteroatoms.